The van der Waals surface area contributed by atoms with Crippen molar-refractivity contribution in [2.24, 2.45) is 0 Å². The maximum Gasteiger partial charge on any atom is 0.252 e. The standard InChI is InChI=1S/C17H25N5O/c1-4-12(3)22-16-15(10-19-22)14(8-11(2)20-16)17(23)21-13-6-5-7-18-9-13/h8,10,12-13,18H,4-7,9H2,1-3H3,(H,21,23)/t12?,13-/m0/s1. The second kappa shape index (κ2) is 6.66. The first-order chi connectivity index (χ1) is 11.1. The van der Waals surface area contributed by atoms with Gasteiger partial charge in [-0.05, 0) is 45.7 Å². The van der Waals surface area contributed by atoms with E-state index in [0.29, 0.717) is 5.56 Å². The number of hydrogen-bond donors (Lipinski definition) is 2. The van der Waals surface area contributed by atoms with Gasteiger partial charge in [0.05, 0.1) is 23.2 Å². The average Bonchev–Trinajstić information content (AvgIpc) is 2.97. The van der Waals surface area contributed by atoms with Crippen molar-refractivity contribution in [1.82, 2.24) is 25.4 Å². The molecule has 6 heteroatoms. The Morgan fingerprint density at radius 2 is 2.39 bits per heavy atom. The summed E-state index contributed by atoms with van der Waals surface area (Å²) >= 11 is 0. The Kier molecular flexibility index (Phi) is 4.61. The van der Waals surface area contributed by atoms with E-state index < -0.39 is 0 Å². The summed E-state index contributed by atoms with van der Waals surface area (Å²) in [5.74, 6) is -0.0297. The zero-order valence-corrected chi connectivity index (χ0v) is 14.1. The number of nitrogens with one attached hydrogen (secondary N) is 2. The van der Waals surface area contributed by atoms with Gasteiger partial charge in [-0.15, -0.1) is 0 Å². The largest absolute Gasteiger partial charge is 0.348 e. The van der Waals surface area contributed by atoms with Crippen LogP contribution in [0.1, 0.15) is 55.2 Å². The van der Waals surface area contributed by atoms with Crippen molar-refractivity contribution >= 4 is 16.9 Å². The van der Waals surface area contributed by atoms with Crippen molar-refractivity contribution in [1.29, 1.82) is 0 Å². The van der Waals surface area contributed by atoms with Crippen molar-refractivity contribution in [3.63, 3.8) is 0 Å². The predicted octanol–water partition coefficient (Wildman–Crippen LogP) is 2.19. The van der Waals surface area contributed by atoms with Crippen molar-refractivity contribution in [3.8, 4) is 0 Å². The highest BCUT2D eigenvalue weighted by Crippen LogP contribution is 2.22. The van der Waals surface area contributed by atoms with Crippen molar-refractivity contribution in [3.05, 3.63) is 23.5 Å². The molecule has 1 saturated heterocycles. The first-order valence-corrected chi connectivity index (χ1v) is 8.46. The second-order valence-corrected chi connectivity index (χ2v) is 6.41. The molecule has 2 N–H and O–H groups in total. The normalized spacial score (nSPS) is 19.7. The van der Waals surface area contributed by atoms with E-state index in [1.54, 1.807) is 6.20 Å². The van der Waals surface area contributed by atoms with Crippen LogP contribution in [0.5, 0.6) is 0 Å². The second-order valence-electron chi connectivity index (χ2n) is 6.41. The lowest BCUT2D eigenvalue weighted by molar-refractivity contribution is 0.0932. The molecule has 3 rings (SSSR count). The van der Waals surface area contributed by atoms with Gasteiger partial charge in [0.15, 0.2) is 5.65 Å². The zero-order chi connectivity index (χ0) is 16.4. The Labute approximate surface area is 136 Å². The summed E-state index contributed by atoms with van der Waals surface area (Å²) in [5.41, 5.74) is 2.31. The van der Waals surface area contributed by atoms with Crippen LogP contribution < -0.4 is 10.6 Å². The third-order valence-corrected chi connectivity index (χ3v) is 4.58. The van der Waals surface area contributed by atoms with Gasteiger partial charge in [-0.2, -0.15) is 5.10 Å². The van der Waals surface area contributed by atoms with Gasteiger partial charge >= 0.3 is 0 Å². The molecule has 1 fully saturated rings. The number of nitrogens with zero attached hydrogens (tertiary/aromatic N) is 3. The number of piperidine rings is 1. The van der Waals surface area contributed by atoms with Crippen LogP contribution in [0.15, 0.2) is 12.3 Å². The van der Waals surface area contributed by atoms with E-state index in [2.05, 4.69) is 34.6 Å². The molecule has 6 nitrogen and oxygen atoms in total. The van der Waals surface area contributed by atoms with Crippen LogP contribution in [0.3, 0.4) is 0 Å². The fraction of sp³-hybridized carbons (Fsp3) is 0.588. The molecule has 0 saturated carbocycles. The van der Waals surface area contributed by atoms with E-state index in [1.807, 2.05) is 17.7 Å². The maximum atomic E-state index is 12.7. The summed E-state index contributed by atoms with van der Waals surface area (Å²) in [6, 6.07) is 2.32. The van der Waals surface area contributed by atoms with Gasteiger partial charge in [0, 0.05) is 18.3 Å². The van der Waals surface area contributed by atoms with Gasteiger partial charge in [0.25, 0.3) is 5.91 Å². The number of aromatic nitrogens is 3. The predicted molar refractivity (Wildman–Crippen MR) is 90.6 cm³/mol. The monoisotopic (exact) mass is 315 g/mol. The number of amides is 1. The number of rotatable bonds is 4. The number of carbonyl (C=O) groups is 1. The fourth-order valence-corrected chi connectivity index (χ4v) is 3.06. The minimum Gasteiger partial charge on any atom is -0.348 e. The topological polar surface area (TPSA) is 71.8 Å². The molecule has 0 radical (unpaired) electrons. The molecule has 1 aliphatic rings. The highest BCUT2D eigenvalue weighted by molar-refractivity contribution is 6.05. The highest BCUT2D eigenvalue weighted by Gasteiger charge is 2.21. The molecule has 2 aromatic rings. The van der Waals surface area contributed by atoms with Gasteiger partial charge in [-0.25, -0.2) is 9.67 Å². The lowest BCUT2D eigenvalue weighted by Crippen LogP contribution is -2.45. The van der Waals surface area contributed by atoms with E-state index >= 15 is 0 Å². The molecule has 1 aliphatic heterocycles. The third kappa shape index (κ3) is 3.22. The Balaban J connectivity index is 1.93. The van der Waals surface area contributed by atoms with Crippen LogP contribution in [0.4, 0.5) is 0 Å². The van der Waals surface area contributed by atoms with Crippen LogP contribution in [0.2, 0.25) is 0 Å². The van der Waals surface area contributed by atoms with Crippen LogP contribution in [0, 0.1) is 6.92 Å². The summed E-state index contributed by atoms with van der Waals surface area (Å²) in [7, 11) is 0. The van der Waals surface area contributed by atoms with Gasteiger partial charge in [-0.3, -0.25) is 4.79 Å². The first kappa shape index (κ1) is 15.9. The summed E-state index contributed by atoms with van der Waals surface area (Å²) in [4.78, 5) is 17.3. The third-order valence-electron chi connectivity index (χ3n) is 4.58. The quantitative estimate of drug-likeness (QED) is 0.907. The lowest BCUT2D eigenvalue weighted by Gasteiger charge is -2.24. The van der Waals surface area contributed by atoms with E-state index in [4.69, 9.17) is 0 Å². The minimum atomic E-state index is -0.0297. The summed E-state index contributed by atoms with van der Waals surface area (Å²) < 4.78 is 1.92. The number of hydrogen-bond acceptors (Lipinski definition) is 4. The summed E-state index contributed by atoms with van der Waals surface area (Å²) in [6.07, 6.45) is 4.86. The smallest absolute Gasteiger partial charge is 0.252 e. The van der Waals surface area contributed by atoms with Crippen LogP contribution in [-0.4, -0.2) is 39.8 Å². The van der Waals surface area contributed by atoms with E-state index in [9.17, 15) is 4.79 Å². The van der Waals surface area contributed by atoms with Crippen LogP contribution in [0.25, 0.3) is 11.0 Å². The fourth-order valence-electron chi connectivity index (χ4n) is 3.06. The Morgan fingerprint density at radius 1 is 1.57 bits per heavy atom. The van der Waals surface area contributed by atoms with Crippen molar-refractivity contribution < 1.29 is 4.79 Å². The maximum absolute atomic E-state index is 12.7. The van der Waals surface area contributed by atoms with Gasteiger partial charge in [-0.1, -0.05) is 6.92 Å². The van der Waals surface area contributed by atoms with Gasteiger partial charge in [0.1, 0.15) is 0 Å². The first-order valence-electron chi connectivity index (χ1n) is 8.46. The molecule has 23 heavy (non-hydrogen) atoms. The SMILES string of the molecule is CCC(C)n1ncc2c(C(=O)N[C@H]3CCCNC3)cc(C)nc21. The van der Waals surface area contributed by atoms with E-state index in [1.165, 1.54) is 0 Å². The molecule has 3 heterocycles. The molecule has 1 amide bonds. The zero-order valence-electron chi connectivity index (χ0n) is 14.1. The average molecular weight is 315 g/mol. The van der Waals surface area contributed by atoms with Crippen molar-refractivity contribution in [2.75, 3.05) is 13.1 Å². The molecule has 2 aromatic heterocycles. The molecule has 124 valence electrons. The summed E-state index contributed by atoms with van der Waals surface area (Å²) in [5, 5.41) is 11.8. The molecule has 0 bridgehead atoms. The molecular formula is C17H25N5O. The van der Waals surface area contributed by atoms with E-state index in [-0.39, 0.29) is 18.0 Å². The molecule has 2 atom stereocenters. The molecule has 0 aliphatic carbocycles. The van der Waals surface area contributed by atoms with E-state index in [0.717, 1.165) is 49.1 Å². The number of aryl methyl sites for hydroxylation is 1. The van der Waals surface area contributed by atoms with Gasteiger partial charge in [0.2, 0.25) is 0 Å². The number of pyridine rings is 1. The highest BCUT2D eigenvalue weighted by atomic mass is 16.1. The summed E-state index contributed by atoms with van der Waals surface area (Å²) in [6.45, 7) is 8.03. The molecular weight excluding hydrogens is 290 g/mol. The molecule has 1 unspecified atom stereocenters. The van der Waals surface area contributed by atoms with Crippen molar-refractivity contribution in [2.45, 2.75) is 52.1 Å². The number of carbonyl (C=O) groups excluding carboxylic acids is 1. The number of fused-ring (bicyclic) bond motifs is 1. The Hall–Kier alpha value is -1.95. The molecule has 0 spiro atoms. The molecule has 0 aromatic carbocycles. The lowest BCUT2D eigenvalue weighted by atomic mass is 10.1. The minimum absolute atomic E-state index is 0.0297. The van der Waals surface area contributed by atoms with Crippen LogP contribution >= 0.6 is 0 Å². The Bertz CT molecular complexity index is 702. The van der Waals surface area contributed by atoms with Gasteiger partial charge < -0.3 is 10.6 Å². The Morgan fingerprint density at radius 3 is 3.09 bits per heavy atom. The van der Waals surface area contributed by atoms with Crippen LogP contribution in [-0.2, 0) is 0 Å².